The summed E-state index contributed by atoms with van der Waals surface area (Å²) < 4.78 is 0. The Hall–Kier alpha value is -7.45. The molecule has 11 atom stereocenters. The number of nitrogens with one attached hydrogen (secondary N) is 8. The molecule has 0 spiro atoms. The summed E-state index contributed by atoms with van der Waals surface area (Å²) in [7, 11) is 0. The van der Waals surface area contributed by atoms with Gasteiger partial charge in [0.1, 0.15) is 60.4 Å². The molecule has 25 N–H and O–H groups in total. The molecule has 0 bridgehead atoms. The number of hydrogen-bond donors (Lipinski definition) is 18. The van der Waals surface area contributed by atoms with Gasteiger partial charge in [0.15, 0.2) is 11.9 Å². The molecule has 0 aromatic heterocycles. The Morgan fingerprint density at radius 3 is 1.30 bits per heavy atom. The zero-order valence-corrected chi connectivity index (χ0v) is 45.5. The van der Waals surface area contributed by atoms with Gasteiger partial charge in [0, 0.05) is 26.1 Å². The topological polar surface area (TPSA) is 555 Å². The average molecular weight is 1130 g/mol. The summed E-state index contributed by atoms with van der Waals surface area (Å²) in [5.41, 5.74) is 38.7. The van der Waals surface area contributed by atoms with Crippen LogP contribution in [0.4, 0.5) is 0 Å². The fraction of sp³-hybridized carbons (Fsp3) is 0.723. The molecule has 79 heavy (non-hydrogen) atoms. The Balaban J connectivity index is 3.15. The zero-order chi connectivity index (χ0) is 59.9. The fourth-order valence-corrected chi connectivity index (χ4v) is 7.86. The minimum Gasteiger partial charge on any atom is -0.481 e. The second kappa shape index (κ2) is 36.6. The number of likely N-dealkylation sites (tertiary alicyclic amines) is 1. The molecule has 0 aromatic carbocycles. The third-order valence-electron chi connectivity index (χ3n) is 12.5. The van der Waals surface area contributed by atoms with Gasteiger partial charge in [-0.3, -0.25) is 57.9 Å². The molecule has 1 heterocycles. The monoisotopic (exact) mass is 1130 g/mol. The third kappa shape index (κ3) is 26.6. The molecule has 32 heteroatoms. The standard InChI is InChI=1S/C47H86N18O14/c1-24(36(69)58-26(3)38(71)60-28(12-5-7-19-48)40(73)61-29(13-6-8-20-49)42(75)64-32(45(78)79)15-10-22-56-47(53)54)57-37(70)25(2)59-39(72)31(17-18-34(67)68)62-41(74)30(14-9-21-55-46(51)52)63-43(76)33-16-11-23-65(33)44(77)35(50)27(4)66/h24-33,35,66H,5-23,48-50H2,1-4H3,(H,57,70)(H,58,69)(H,59,72)(H,60,71)(H,61,73)(H,62,74)(H,63,76)(H,64,75)(H,67,68)(H,78,79)(H4,51,52,55)(H4,53,54,56)/t24-,25-,26-,27+,28-,29-,30-,31-,32-,33-,35-/m0/s1. The molecular weight excluding hydrogens is 1040 g/mol. The predicted molar refractivity (Wildman–Crippen MR) is 287 cm³/mol. The fourth-order valence-electron chi connectivity index (χ4n) is 7.86. The molecule has 0 aliphatic carbocycles. The Bertz CT molecular complexity index is 2120. The summed E-state index contributed by atoms with van der Waals surface area (Å²) in [4.78, 5) is 154. The van der Waals surface area contributed by atoms with Crippen LogP contribution >= 0.6 is 0 Å². The molecule has 32 nitrogen and oxygen atoms in total. The van der Waals surface area contributed by atoms with Crippen molar-refractivity contribution in [3.8, 4) is 0 Å². The number of aliphatic hydroxyl groups is 1. The first kappa shape index (κ1) is 69.6. The first-order valence-electron chi connectivity index (χ1n) is 26.3. The molecule has 448 valence electrons. The molecule has 1 aliphatic rings. The second-order valence-electron chi connectivity index (χ2n) is 19.2. The van der Waals surface area contributed by atoms with E-state index in [0.717, 1.165) is 0 Å². The molecule has 9 amide bonds. The van der Waals surface area contributed by atoms with E-state index in [9.17, 15) is 68.1 Å². The second-order valence-corrected chi connectivity index (χ2v) is 19.2. The molecule has 1 aliphatic heterocycles. The third-order valence-corrected chi connectivity index (χ3v) is 12.5. The summed E-state index contributed by atoms with van der Waals surface area (Å²) in [6.45, 7) is 5.93. The summed E-state index contributed by atoms with van der Waals surface area (Å²) in [5.74, 6) is -10.7. The summed E-state index contributed by atoms with van der Waals surface area (Å²) in [5, 5.41) is 49.0. The molecule has 0 radical (unpaired) electrons. The zero-order valence-electron chi connectivity index (χ0n) is 45.5. The van der Waals surface area contributed by atoms with Gasteiger partial charge in [0.05, 0.1) is 6.10 Å². The lowest BCUT2D eigenvalue weighted by molar-refractivity contribution is -0.142. The highest BCUT2D eigenvalue weighted by Crippen LogP contribution is 2.20. The number of carboxylic acids is 2. The Labute approximate surface area is 458 Å². The van der Waals surface area contributed by atoms with E-state index in [0.29, 0.717) is 32.1 Å². The first-order valence-corrected chi connectivity index (χ1v) is 26.3. The number of unbranched alkanes of at least 4 members (excludes halogenated alkanes) is 2. The number of aliphatic carboxylic acids is 2. The Morgan fingerprint density at radius 2 is 0.886 bits per heavy atom. The minimum atomic E-state index is -1.59. The smallest absolute Gasteiger partial charge is 0.326 e. The molecule has 0 aromatic rings. The number of aliphatic hydroxyl groups excluding tert-OH is 1. The Morgan fingerprint density at radius 1 is 0.519 bits per heavy atom. The predicted octanol–water partition coefficient (Wildman–Crippen LogP) is -7.06. The van der Waals surface area contributed by atoms with Crippen LogP contribution in [0.1, 0.15) is 118 Å². The van der Waals surface area contributed by atoms with Crippen molar-refractivity contribution in [2.75, 3.05) is 32.7 Å². The number of carbonyl (C=O) groups excluding carboxylic acids is 9. The maximum Gasteiger partial charge on any atom is 0.326 e. The van der Waals surface area contributed by atoms with Gasteiger partial charge < -0.3 is 103 Å². The van der Waals surface area contributed by atoms with Crippen LogP contribution in [-0.4, -0.2) is 196 Å². The molecule has 0 unspecified atom stereocenters. The lowest BCUT2D eigenvalue weighted by atomic mass is 10.0. The van der Waals surface area contributed by atoms with Crippen molar-refractivity contribution < 1.29 is 68.1 Å². The number of carbonyl (C=O) groups is 11. The van der Waals surface area contributed by atoms with Crippen molar-refractivity contribution >= 4 is 77.0 Å². The van der Waals surface area contributed by atoms with Crippen molar-refractivity contribution in [1.29, 1.82) is 0 Å². The van der Waals surface area contributed by atoms with Crippen LogP contribution in [-0.2, 0) is 52.7 Å². The van der Waals surface area contributed by atoms with Crippen molar-refractivity contribution in [2.45, 2.75) is 184 Å². The van der Waals surface area contributed by atoms with E-state index in [-0.39, 0.29) is 89.6 Å². The number of carboxylic acid groups (broad SMARTS) is 2. The van der Waals surface area contributed by atoms with Crippen LogP contribution in [0.3, 0.4) is 0 Å². The van der Waals surface area contributed by atoms with E-state index in [1.807, 2.05) is 0 Å². The highest BCUT2D eigenvalue weighted by atomic mass is 16.4. The van der Waals surface area contributed by atoms with Gasteiger partial charge in [-0.15, -0.1) is 0 Å². The van der Waals surface area contributed by atoms with Crippen molar-refractivity contribution in [3.63, 3.8) is 0 Å². The molecule has 0 saturated carbocycles. The van der Waals surface area contributed by atoms with E-state index in [4.69, 9.17) is 40.1 Å². The van der Waals surface area contributed by atoms with E-state index in [1.165, 1.54) is 32.6 Å². The summed E-state index contributed by atoms with van der Waals surface area (Å²) in [6.07, 6.45) is 0.277. The van der Waals surface area contributed by atoms with Gasteiger partial charge >= 0.3 is 11.9 Å². The van der Waals surface area contributed by atoms with Gasteiger partial charge in [-0.25, -0.2) is 4.79 Å². The quantitative estimate of drug-likeness (QED) is 0.0155. The maximum atomic E-state index is 13.8. The number of nitrogens with zero attached hydrogens (tertiary/aromatic N) is 3. The highest BCUT2D eigenvalue weighted by Gasteiger charge is 2.39. The summed E-state index contributed by atoms with van der Waals surface area (Å²) >= 11 is 0. The van der Waals surface area contributed by atoms with E-state index >= 15 is 0 Å². The van der Waals surface area contributed by atoms with Crippen LogP contribution < -0.4 is 82.7 Å². The minimum absolute atomic E-state index is 0.0261. The maximum absolute atomic E-state index is 13.8. The molecule has 1 fully saturated rings. The molecule has 1 rings (SSSR count). The van der Waals surface area contributed by atoms with Gasteiger partial charge in [-0.1, -0.05) is 0 Å². The van der Waals surface area contributed by atoms with Crippen LogP contribution in [0.2, 0.25) is 0 Å². The van der Waals surface area contributed by atoms with Crippen LogP contribution in [0.15, 0.2) is 9.98 Å². The molecular formula is C47H86N18O14. The van der Waals surface area contributed by atoms with Crippen LogP contribution in [0.25, 0.3) is 0 Å². The number of nitrogens with two attached hydrogens (primary N) is 7. The lowest BCUT2D eigenvalue weighted by Gasteiger charge is -2.29. The van der Waals surface area contributed by atoms with E-state index < -0.39 is 144 Å². The van der Waals surface area contributed by atoms with E-state index in [2.05, 4.69) is 52.5 Å². The number of amides is 9. The van der Waals surface area contributed by atoms with Gasteiger partial charge in [-0.05, 0) is 124 Å². The first-order chi connectivity index (χ1) is 37.1. The highest BCUT2D eigenvalue weighted by molar-refractivity contribution is 5.98. The van der Waals surface area contributed by atoms with Crippen molar-refractivity contribution in [2.24, 2.45) is 50.1 Å². The van der Waals surface area contributed by atoms with Crippen molar-refractivity contribution in [3.05, 3.63) is 0 Å². The van der Waals surface area contributed by atoms with Gasteiger partial charge in [-0.2, -0.15) is 0 Å². The van der Waals surface area contributed by atoms with E-state index in [1.54, 1.807) is 0 Å². The Kier molecular flexibility index (Phi) is 32.2. The normalized spacial score (nSPS) is 16.7. The number of hydrogen-bond acceptors (Lipinski definition) is 17. The summed E-state index contributed by atoms with van der Waals surface area (Å²) in [6, 6.07) is -13.3. The van der Waals surface area contributed by atoms with Crippen LogP contribution in [0.5, 0.6) is 0 Å². The lowest BCUT2D eigenvalue weighted by Crippen LogP contribution is -2.59. The van der Waals surface area contributed by atoms with Gasteiger partial charge in [0.2, 0.25) is 53.2 Å². The van der Waals surface area contributed by atoms with Crippen LogP contribution in [0, 0.1) is 0 Å². The number of aliphatic imine (C=N–C) groups is 2. The molecule has 1 saturated heterocycles. The number of guanidine groups is 2. The largest absolute Gasteiger partial charge is 0.481 e. The number of rotatable bonds is 38. The average Bonchev–Trinajstić information content (AvgIpc) is 3.88. The SMILES string of the molecule is C[C@H](NC(=O)[C@H](C)NC(=O)[C@H](CCC(=O)O)NC(=O)[C@H](CCCN=C(N)N)NC(=O)[C@@H]1CCCN1C(=O)[C@@H](N)[C@@H](C)O)C(=O)N[C@@H](C)C(=O)N[C@@H](CCCCN)C(=O)N[C@@H](CCCCN)C(=O)N[C@@H](CCCN=C(N)N)C(=O)O. The van der Waals surface area contributed by atoms with Crippen molar-refractivity contribution in [1.82, 2.24) is 47.4 Å². The van der Waals surface area contributed by atoms with Gasteiger partial charge in [0.25, 0.3) is 0 Å².